The molecule has 3 amide bonds. The summed E-state index contributed by atoms with van der Waals surface area (Å²) in [6.07, 6.45) is -1.31. The molecule has 0 heterocycles. The maximum Gasteiger partial charge on any atom is 0.431 e. The van der Waals surface area contributed by atoms with Crippen molar-refractivity contribution in [2.45, 2.75) is 38.2 Å². The van der Waals surface area contributed by atoms with Gasteiger partial charge in [0.05, 0.1) is 14.2 Å². The number of hydrogen-bond donors (Lipinski definition) is 3. The third kappa shape index (κ3) is 8.95. The highest BCUT2D eigenvalue weighted by molar-refractivity contribution is 5.98. The van der Waals surface area contributed by atoms with Gasteiger partial charge in [-0.3, -0.25) is 19.3 Å². The lowest BCUT2D eigenvalue weighted by molar-refractivity contribution is -0.155. The summed E-state index contributed by atoms with van der Waals surface area (Å²) < 4.78 is 15.9. The van der Waals surface area contributed by atoms with E-state index in [9.17, 15) is 19.2 Å². The second-order valence-electron chi connectivity index (χ2n) is 13.1. The number of rotatable bonds is 10. The molecule has 0 saturated carbocycles. The third-order valence-electron chi connectivity index (χ3n) is 8.54. The van der Waals surface area contributed by atoms with Crippen LogP contribution in [0, 0.1) is 5.92 Å². The Morgan fingerprint density at radius 1 is 0.596 bits per heavy atom. The number of amides is 3. The zero-order valence-electron chi connectivity index (χ0n) is 29.8. The minimum Gasteiger partial charge on any atom is -0.464 e. The first-order valence-electron chi connectivity index (χ1n) is 16.8. The van der Waals surface area contributed by atoms with E-state index in [-0.39, 0.29) is 25.0 Å². The lowest BCUT2D eigenvalue weighted by Crippen LogP contribution is -2.44. The van der Waals surface area contributed by atoms with E-state index in [2.05, 4.69) is 50.2 Å². The summed E-state index contributed by atoms with van der Waals surface area (Å²) in [5, 5.41) is 2.44. The number of fused-ring (bicyclic) bond motifs is 6. The molecule has 2 aliphatic carbocycles. The summed E-state index contributed by atoms with van der Waals surface area (Å²) in [5.41, 5.74) is 12.7. The molecule has 0 saturated heterocycles. The fourth-order valence-electron chi connectivity index (χ4n) is 6.37. The first-order valence-corrected chi connectivity index (χ1v) is 16.8. The molecule has 0 fully saturated rings. The van der Waals surface area contributed by atoms with Crippen molar-refractivity contribution < 1.29 is 43.1 Å². The number of hydrogen-bond acceptors (Lipinski definition) is 9. The van der Waals surface area contributed by atoms with Gasteiger partial charge in [0.2, 0.25) is 0 Å². The first-order chi connectivity index (χ1) is 25.0. The zero-order chi connectivity index (χ0) is 37.3. The summed E-state index contributed by atoms with van der Waals surface area (Å²) in [4.78, 5) is 57.7. The van der Waals surface area contributed by atoms with Gasteiger partial charge >= 0.3 is 18.2 Å². The molecular formula is C40H43N3O9. The second kappa shape index (κ2) is 17.0. The molecule has 272 valence electrons. The van der Waals surface area contributed by atoms with Crippen molar-refractivity contribution in [3.8, 4) is 22.3 Å². The van der Waals surface area contributed by atoms with Gasteiger partial charge in [-0.1, -0.05) is 97.1 Å². The highest BCUT2D eigenvalue weighted by Gasteiger charge is 2.34. The molecule has 0 radical (unpaired) electrons. The van der Waals surface area contributed by atoms with E-state index >= 15 is 0 Å². The van der Waals surface area contributed by atoms with Crippen LogP contribution < -0.4 is 16.3 Å². The molecule has 0 bridgehead atoms. The van der Waals surface area contributed by atoms with E-state index in [4.69, 9.17) is 14.2 Å². The molecule has 4 aromatic carbocycles. The summed E-state index contributed by atoms with van der Waals surface area (Å²) in [6, 6.07) is 32.3. The van der Waals surface area contributed by atoms with Crippen LogP contribution in [0.1, 0.15) is 54.9 Å². The Hall–Kier alpha value is -5.72. The van der Waals surface area contributed by atoms with E-state index in [1.54, 1.807) is 20.8 Å². The van der Waals surface area contributed by atoms with Crippen molar-refractivity contribution in [1.82, 2.24) is 16.3 Å². The molecule has 52 heavy (non-hydrogen) atoms. The Kier molecular flexibility index (Phi) is 12.3. The molecule has 1 atom stereocenters. The molecular weight excluding hydrogens is 666 g/mol. The lowest BCUT2D eigenvalue weighted by atomic mass is 9.98. The Bertz CT molecular complexity index is 1810. The maximum atomic E-state index is 12.8. The van der Waals surface area contributed by atoms with Crippen LogP contribution in [0.4, 0.5) is 9.59 Å². The van der Waals surface area contributed by atoms with Gasteiger partial charge in [-0.25, -0.2) is 15.1 Å². The average Bonchev–Trinajstić information content (AvgIpc) is 3.62. The van der Waals surface area contributed by atoms with Crippen molar-refractivity contribution in [2.24, 2.45) is 5.92 Å². The largest absolute Gasteiger partial charge is 0.464 e. The molecule has 12 nitrogen and oxygen atoms in total. The van der Waals surface area contributed by atoms with Gasteiger partial charge in [-0.2, -0.15) is 5.48 Å². The normalized spacial score (nSPS) is 13.2. The van der Waals surface area contributed by atoms with Crippen LogP contribution in [0.15, 0.2) is 97.1 Å². The van der Waals surface area contributed by atoms with Crippen LogP contribution in [-0.4, -0.2) is 63.6 Å². The molecule has 0 spiro atoms. The highest BCUT2D eigenvalue weighted by atomic mass is 16.7. The molecule has 0 unspecified atom stereocenters. The summed E-state index contributed by atoms with van der Waals surface area (Å²) >= 11 is 0. The number of carbonyl (C=O) groups excluding carboxylic acids is 4. The number of esters is 1. The van der Waals surface area contributed by atoms with Crippen molar-refractivity contribution in [3.05, 3.63) is 119 Å². The van der Waals surface area contributed by atoms with Crippen molar-refractivity contribution in [1.29, 1.82) is 0 Å². The fraction of sp³-hybridized carbons (Fsp3) is 0.300. The Labute approximate surface area is 302 Å². The van der Waals surface area contributed by atoms with Gasteiger partial charge in [0.15, 0.2) is 5.92 Å². The van der Waals surface area contributed by atoms with Crippen LogP contribution in [-0.2, 0) is 33.5 Å². The molecule has 2 aliphatic rings. The number of hydroxylamine groups is 2. The van der Waals surface area contributed by atoms with Gasteiger partial charge < -0.3 is 19.5 Å². The van der Waals surface area contributed by atoms with Crippen LogP contribution in [0.5, 0.6) is 0 Å². The standard InChI is InChI=1S/C24H28N2O6.C16H15NO3/c1-24(2,3)32-23(29)25-13-19(21(27)26-30-4)22(28)31-14-20-17-11-7-5-9-15(17)16-10-6-8-12-18(16)20;1-19-17-16(18)20-10-15-13-8-4-2-6-11(13)12-7-3-5-9-14(12)15/h5-12,19-20H,13-14H2,1-4H3,(H,25,29)(H,26,27);2-9,15H,10H2,1H3,(H,17,18)/t19-;/m0./s1. The summed E-state index contributed by atoms with van der Waals surface area (Å²) in [6.45, 7) is 5.22. The smallest absolute Gasteiger partial charge is 0.431 e. The third-order valence-corrected chi connectivity index (χ3v) is 8.54. The number of nitrogens with one attached hydrogen (secondary N) is 3. The lowest BCUT2D eigenvalue weighted by Gasteiger charge is -2.21. The molecule has 12 heteroatoms. The summed E-state index contributed by atoms with van der Waals surface area (Å²) in [5.74, 6) is -2.85. The molecule has 6 rings (SSSR count). The van der Waals surface area contributed by atoms with Gasteiger partial charge in [0, 0.05) is 18.4 Å². The second-order valence-corrected chi connectivity index (χ2v) is 13.1. The van der Waals surface area contributed by atoms with Gasteiger partial charge in [0.1, 0.15) is 18.8 Å². The molecule has 0 aliphatic heterocycles. The number of carbonyl (C=O) groups is 4. The Morgan fingerprint density at radius 2 is 1.00 bits per heavy atom. The van der Waals surface area contributed by atoms with E-state index < -0.39 is 35.6 Å². The zero-order valence-corrected chi connectivity index (χ0v) is 29.8. The van der Waals surface area contributed by atoms with Crippen LogP contribution in [0.25, 0.3) is 22.3 Å². The average molecular weight is 710 g/mol. The van der Waals surface area contributed by atoms with E-state index in [1.807, 2.05) is 72.8 Å². The highest BCUT2D eigenvalue weighted by Crippen LogP contribution is 2.45. The van der Waals surface area contributed by atoms with Crippen molar-refractivity contribution >= 4 is 24.1 Å². The monoisotopic (exact) mass is 709 g/mol. The predicted molar refractivity (Wildman–Crippen MR) is 193 cm³/mol. The molecule has 3 N–H and O–H groups in total. The fourth-order valence-corrected chi connectivity index (χ4v) is 6.37. The SMILES string of the molecule is CONC(=O)OCC1c2ccccc2-c2ccccc21.CONC(=O)[C@H](CNC(=O)OC(C)(C)C)C(=O)OCC1c2ccccc2-c2ccccc21. The van der Waals surface area contributed by atoms with E-state index in [0.717, 1.165) is 22.3 Å². The van der Waals surface area contributed by atoms with E-state index in [0.29, 0.717) is 6.61 Å². The van der Waals surface area contributed by atoms with Gasteiger partial charge in [-0.15, -0.1) is 0 Å². The maximum absolute atomic E-state index is 12.8. The Morgan fingerprint density at radius 3 is 1.40 bits per heavy atom. The minimum absolute atomic E-state index is 0.0655. The van der Waals surface area contributed by atoms with Gasteiger partial charge in [0.25, 0.3) is 5.91 Å². The number of alkyl carbamates (subject to hydrolysis) is 1. The molecule has 0 aromatic heterocycles. The molecule has 4 aromatic rings. The van der Waals surface area contributed by atoms with Crippen LogP contribution in [0.3, 0.4) is 0 Å². The number of ether oxygens (including phenoxy) is 3. The topological polar surface area (TPSA) is 151 Å². The van der Waals surface area contributed by atoms with Crippen molar-refractivity contribution in [3.63, 3.8) is 0 Å². The minimum atomic E-state index is -1.30. The predicted octanol–water partition coefficient (Wildman–Crippen LogP) is 6.25. The number of benzene rings is 4. The quantitative estimate of drug-likeness (QED) is 0.0752. The van der Waals surface area contributed by atoms with E-state index in [1.165, 1.54) is 36.5 Å². The van der Waals surface area contributed by atoms with Crippen LogP contribution in [0.2, 0.25) is 0 Å². The van der Waals surface area contributed by atoms with Crippen LogP contribution >= 0.6 is 0 Å². The Balaban J connectivity index is 0.000000223. The first kappa shape index (κ1) is 37.5. The van der Waals surface area contributed by atoms with Gasteiger partial charge in [-0.05, 0) is 65.3 Å². The summed E-state index contributed by atoms with van der Waals surface area (Å²) in [7, 11) is 2.63. The van der Waals surface area contributed by atoms with Crippen molar-refractivity contribution in [2.75, 3.05) is 34.0 Å².